The van der Waals surface area contributed by atoms with Crippen molar-refractivity contribution in [3.8, 4) is 0 Å². The Bertz CT molecular complexity index is 594. The molecule has 0 saturated heterocycles. The van der Waals surface area contributed by atoms with Crippen LogP contribution >= 0.6 is 0 Å². The minimum Gasteiger partial charge on any atom is -0.481 e. The van der Waals surface area contributed by atoms with E-state index >= 15 is 0 Å². The maximum Gasteiger partial charge on any atom is 0.303 e. The minimum atomic E-state index is -0.888. The molecule has 2 rings (SSSR count). The smallest absolute Gasteiger partial charge is 0.303 e. The first-order chi connectivity index (χ1) is 9.88. The molecule has 0 aliphatic carbocycles. The third-order valence-electron chi connectivity index (χ3n) is 3.80. The summed E-state index contributed by atoms with van der Waals surface area (Å²) in [6, 6.07) is 5.33. The number of ketones is 1. The van der Waals surface area contributed by atoms with Crippen molar-refractivity contribution in [3.05, 3.63) is 29.3 Å². The highest BCUT2D eigenvalue weighted by Crippen LogP contribution is 2.28. The summed E-state index contributed by atoms with van der Waals surface area (Å²) in [5.74, 6) is -1.04. The van der Waals surface area contributed by atoms with Crippen LogP contribution in [-0.4, -0.2) is 29.8 Å². The van der Waals surface area contributed by atoms with Gasteiger partial charge in [0, 0.05) is 37.6 Å². The van der Waals surface area contributed by atoms with Gasteiger partial charge in [0.25, 0.3) is 0 Å². The van der Waals surface area contributed by atoms with Gasteiger partial charge in [0.1, 0.15) is 0 Å². The van der Waals surface area contributed by atoms with Gasteiger partial charge >= 0.3 is 5.97 Å². The van der Waals surface area contributed by atoms with Gasteiger partial charge in [-0.25, -0.2) is 0 Å². The number of carboxylic acid groups (broad SMARTS) is 1. The molecule has 1 heterocycles. The van der Waals surface area contributed by atoms with E-state index in [9.17, 15) is 14.4 Å². The van der Waals surface area contributed by atoms with E-state index < -0.39 is 5.97 Å². The molecule has 1 aliphatic rings. The lowest BCUT2D eigenvalue weighted by Gasteiger charge is -2.26. The lowest BCUT2D eigenvalue weighted by molar-refractivity contribution is -0.137. The molecule has 0 saturated carbocycles. The van der Waals surface area contributed by atoms with Crippen LogP contribution in [0.5, 0.6) is 0 Å². The Balaban J connectivity index is 2.13. The van der Waals surface area contributed by atoms with Crippen molar-refractivity contribution in [2.75, 3.05) is 11.9 Å². The van der Waals surface area contributed by atoms with Gasteiger partial charge in [0.05, 0.1) is 0 Å². The van der Waals surface area contributed by atoms with Crippen LogP contribution in [0, 0.1) is 5.92 Å². The third kappa shape index (κ3) is 3.48. The van der Waals surface area contributed by atoms with E-state index in [1.54, 1.807) is 31.0 Å². The molecule has 1 aromatic carbocycles. The molecule has 5 heteroatoms. The van der Waals surface area contributed by atoms with E-state index in [2.05, 4.69) is 0 Å². The number of Topliss-reactive ketones (excluding diaryl/α,β-unsaturated/α-hetero) is 1. The molecule has 1 aliphatic heterocycles. The predicted octanol–water partition coefficient (Wildman–Crippen LogP) is 2.28. The molecule has 1 unspecified atom stereocenters. The zero-order valence-corrected chi connectivity index (χ0v) is 12.3. The van der Waals surface area contributed by atoms with E-state index in [-0.39, 0.29) is 30.4 Å². The number of fused-ring (bicyclic) bond motifs is 1. The van der Waals surface area contributed by atoms with E-state index in [1.165, 1.54) is 0 Å². The number of aryl methyl sites for hydroxylation is 1. The Hall–Kier alpha value is -2.17. The second-order valence-corrected chi connectivity index (χ2v) is 5.63. The largest absolute Gasteiger partial charge is 0.481 e. The zero-order valence-electron chi connectivity index (χ0n) is 12.3. The molecule has 1 atom stereocenters. The minimum absolute atomic E-state index is 0.00603. The van der Waals surface area contributed by atoms with E-state index in [1.807, 2.05) is 6.07 Å². The fraction of sp³-hybridized carbons (Fsp3) is 0.438. The number of carbonyl (C=O) groups is 3. The molecule has 1 amide bonds. The van der Waals surface area contributed by atoms with Gasteiger partial charge in [-0.2, -0.15) is 0 Å². The van der Waals surface area contributed by atoms with Crippen LogP contribution in [0.3, 0.4) is 0 Å². The Morgan fingerprint density at radius 2 is 2.00 bits per heavy atom. The summed E-state index contributed by atoms with van der Waals surface area (Å²) < 4.78 is 0. The Morgan fingerprint density at radius 1 is 1.29 bits per heavy atom. The number of carboxylic acids is 1. The summed E-state index contributed by atoms with van der Waals surface area (Å²) in [5, 5.41) is 8.73. The first kappa shape index (κ1) is 15.2. The maximum absolute atomic E-state index is 12.2. The topological polar surface area (TPSA) is 74.7 Å². The molecule has 1 aromatic rings. The highest BCUT2D eigenvalue weighted by atomic mass is 16.4. The number of carbonyl (C=O) groups excluding carboxylic acids is 2. The molecule has 1 N–H and O–H groups in total. The lowest BCUT2D eigenvalue weighted by atomic mass is 9.93. The molecule has 0 fully saturated rings. The first-order valence-electron chi connectivity index (χ1n) is 7.03. The average molecular weight is 289 g/mol. The highest BCUT2D eigenvalue weighted by Gasteiger charge is 2.22. The van der Waals surface area contributed by atoms with E-state index in [0.717, 1.165) is 11.3 Å². The van der Waals surface area contributed by atoms with E-state index in [0.29, 0.717) is 18.4 Å². The van der Waals surface area contributed by atoms with Crippen LogP contribution in [0.1, 0.15) is 42.1 Å². The van der Waals surface area contributed by atoms with E-state index in [4.69, 9.17) is 5.11 Å². The monoisotopic (exact) mass is 289 g/mol. The number of benzene rings is 1. The molecule has 21 heavy (non-hydrogen) atoms. The predicted molar refractivity (Wildman–Crippen MR) is 78.5 cm³/mol. The van der Waals surface area contributed by atoms with Gasteiger partial charge in [0.2, 0.25) is 5.91 Å². The van der Waals surface area contributed by atoms with Crippen molar-refractivity contribution in [2.24, 2.45) is 5.92 Å². The number of rotatable bonds is 5. The fourth-order valence-corrected chi connectivity index (χ4v) is 2.63. The number of hydrogen-bond acceptors (Lipinski definition) is 3. The zero-order chi connectivity index (χ0) is 15.6. The summed E-state index contributed by atoms with van der Waals surface area (Å²) in [6.45, 7) is 1.76. The number of amides is 1. The lowest BCUT2D eigenvalue weighted by Crippen LogP contribution is -2.31. The summed E-state index contributed by atoms with van der Waals surface area (Å²) in [4.78, 5) is 36.1. The molecule has 0 aromatic heterocycles. The maximum atomic E-state index is 12.2. The molecular weight excluding hydrogens is 270 g/mol. The first-order valence-corrected chi connectivity index (χ1v) is 7.03. The van der Waals surface area contributed by atoms with Crippen molar-refractivity contribution in [1.82, 2.24) is 0 Å². The summed E-state index contributed by atoms with van der Waals surface area (Å²) in [6.07, 6.45) is 1.31. The molecule has 0 radical (unpaired) electrons. The van der Waals surface area contributed by atoms with Crippen molar-refractivity contribution in [2.45, 2.75) is 32.6 Å². The number of aliphatic carboxylic acids is 1. The molecule has 0 bridgehead atoms. The number of anilines is 1. The van der Waals surface area contributed by atoms with Crippen LogP contribution in [0.4, 0.5) is 5.69 Å². The molecule has 0 spiro atoms. The standard InChI is InChI=1S/C16H19NO4/c1-10(8-16(20)21)7-14(18)12-3-5-13-11(9-12)4-6-15(19)17(13)2/h3,5,9-10H,4,6-8H2,1-2H3,(H,20,21). The van der Waals surface area contributed by atoms with Gasteiger partial charge in [-0.1, -0.05) is 6.92 Å². The van der Waals surface area contributed by atoms with Crippen molar-refractivity contribution < 1.29 is 19.5 Å². The van der Waals surface area contributed by atoms with Crippen LogP contribution in [0.25, 0.3) is 0 Å². The summed E-state index contributed by atoms with van der Waals surface area (Å²) in [7, 11) is 1.73. The quantitative estimate of drug-likeness (QED) is 0.844. The average Bonchev–Trinajstić information content (AvgIpc) is 2.41. The van der Waals surface area contributed by atoms with Gasteiger partial charge < -0.3 is 10.0 Å². The van der Waals surface area contributed by atoms with Crippen molar-refractivity contribution in [1.29, 1.82) is 0 Å². The fourth-order valence-electron chi connectivity index (χ4n) is 2.63. The third-order valence-corrected chi connectivity index (χ3v) is 3.80. The van der Waals surface area contributed by atoms with Crippen molar-refractivity contribution >= 4 is 23.3 Å². The Labute approximate surface area is 123 Å². The van der Waals surface area contributed by atoms with Crippen LogP contribution in [0.15, 0.2) is 18.2 Å². The van der Waals surface area contributed by atoms with Gasteiger partial charge in [-0.15, -0.1) is 0 Å². The van der Waals surface area contributed by atoms with Gasteiger partial charge in [0.15, 0.2) is 5.78 Å². The van der Waals surface area contributed by atoms with Crippen molar-refractivity contribution in [3.63, 3.8) is 0 Å². The van der Waals surface area contributed by atoms with Crippen LogP contribution in [0.2, 0.25) is 0 Å². The number of nitrogens with zero attached hydrogens (tertiary/aromatic N) is 1. The SMILES string of the molecule is CC(CC(=O)O)CC(=O)c1ccc2c(c1)CCC(=O)N2C. The number of hydrogen-bond donors (Lipinski definition) is 1. The molecule has 112 valence electrons. The summed E-state index contributed by atoms with van der Waals surface area (Å²) >= 11 is 0. The van der Waals surface area contributed by atoms with Gasteiger partial charge in [-0.05, 0) is 36.1 Å². The summed E-state index contributed by atoms with van der Waals surface area (Å²) in [5.41, 5.74) is 2.43. The second-order valence-electron chi connectivity index (χ2n) is 5.63. The Morgan fingerprint density at radius 3 is 2.67 bits per heavy atom. The van der Waals surface area contributed by atoms with Crippen LogP contribution in [-0.2, 0) is 16.0 Å². The Kier molecular flexibility index (Phi) is 4.40. The highest BCUT2D eigenvalue weighted by molar-refractivity contribution is 5.99. The molecule has 5 nitrogen and oxygen atoms in total. The van der Waals surface area contributed by atoms with Gasteiger partial charge in [-0.3, -0.25) is 14.4 Å². The second kappa shape index (κ2) is 6.08. The normalized spacial score (nSPS) is 15.5. The molecular formula is C16H19NO4. The van der Waals surface area contributed by atoms with Crippen LogP contribution < -0.4 is 4.90 Å².